The van der Waals surface area contributed by atoms with Gasteiger partial charge in [-0.1, -0.05) is 18.5 Å². The number of piperidine rings is 1. The molecular formula is C24H26ClN3O4S2. The van der Waals surface area contributed by atoms with Gasteiger partial charge in [0.2, 0.25) is 15.9 Å². The van der Waals surface area contributed by atoms with Crippen molar-refractivity contribution in [3.8, 4) is 17.0 Å². The van der Waals surface area contributed by atoms with E-state index in [0.29, 0.717) is 42.7 Å². The minimum Gasteiger partial charge on any atom is -0.494 e. The van der Waals surface area contributed by atoms with Gasteiger partial charge < -0.3 is 10.1 Å². The highest BCUT2D eigenvalue weighted by atomic mass is 35.5. The van der Waals surface area contributed by atoms with E-state index in [1.54, 1.807) is 12.1 Å². The molecule has 1 saturated heterocycles. The lowest BCUT2D eigenvalue weighted by Gasteiger charge is -2.30. The number of carbonyl (C=O) groups excluding carboxylic acids is 1. The van der Waals surface area contributed by atoms with Crippen LogP contribution in [0.2, 0.25) is 5.02 Å². The first-order valence-electron chi connectivity index (χ1n) is 11.1. The number of benzene rings is 2. The Labute approximate surface area is 208 Å². The lowest BCUT2D eigenvalue weighted by Crippen LogP contribution is -2.41. The molecular weight excluding hydrogens is 494 g/mol. The Morgan fingerprint density at radius 1 is 1.15 bits per heavy atom. The summed E-state index contributed by atoms with van der Waals surface area (Å²) < 4.78 is 32.7. The van der Waals surface area contributed by atoms with Crippen LogP contribution in [0.5, 0.6) is 5.75 Å². The van der Waals surface area contributed by atoms with Crippen molar-refractivity contribution in [2.75, 3.05) is 25.0 Å². The fourth-order valence-corrected chi connectivity index (χ4v) is 6.05. The van der Waals surface area contributed by atoms with Crippen molar-refractivity contribution < 1.29 is 17.9 Å². The van der Waals surface area contributed by atoms with Gasteiger partial charge in [0.25, 0.3) is 0 Å². The van der Waals surface area contributed by atoms with Crippen LogP contribution in [-0.4, -0.2) is 43.3 Å². The van der Waals surface area contributed by atoms with E-state index >= 15 is 0 Å². The van der Waals surface area contributed by atoms with Crippen molar-refractivity contribution in [1.29, 1.82) is 0 Å². The average molecular weight is 520 g/mol. The van der Waals surface area contributed by atoms with Crippen LogP contribution in [-0.2, 0) is 14.8 Å². The van der Waals surface area contributed by atoms with Crippen LogP contribution in [0.1, 0.15) is 26.2 Å². The van der Waals surface area contributed by atoms with Gasteiger partial charge in [-0.3, -0.25) is 4.79 Å². The van der Waals surface area contributed by atoms with Gasteiger partial charge in [-0.15, -0.1) is 11.3 Å². The average Bonchev–Trinajstić information content (AvgIpc) is 3.32. The molecule has 4 rings (SSSR count). The molecule has 180 valence electrons. The molecule has 3 aromatic rings. The summed E-state index contributed by atoms with van der Waals surface area (Å²) in [7, 11) is -3.60. The molecule has 0 atom stereocenters. The minimum atomic E-state index is -3.60. The zero-order valence-electron chi connectivity index (χ0n) is 18.7. The molecule has 2 aromatic carbocycles. The summed E-state index contributed by atoms with van der Waals surface area (Å²) in [4.78, 5) is 17.5. The zero-order chi connectivity index (χ0) is 24.1. The zero-order valence-corrected chi connectivity index (χ0v) is 21.1. The summed E-state index contributed by atoms with van der Waals surface area (Å²) >= 11 is 7.23. The molecule has 0 saturated carbocycles. The third-order valence-electron chi connectivity index (χ3n) is 5.63. The van der Waals surface area contributed by atoms with Crippen LogP contribution in [0.15, 0.2) is 58.8 Å². The molecule has 0 spiro atoms. The maximum Gasteiger partial charge on any atom is 0.243 e. The van der Waals surface area contributed by atoms with E-state index in [2.05, 4.69) is 17.2 Å². The minimum absolute atomic E-state index is 0.132. The van der Waals surface area contributed by atoms with Crippen LogP contribution in [0, 0.1) is 5.92 Å². The fraction of sp³-hybridized carbons (Fsp3) is 0.333. The number of ether oxygens (including phenoxy) is 1. The largest absolute Gasteiger partial charge is 0.494 e. The molecule has 1 fully saturated rings. The van der Waals surface area contributed by atoms with E-state index in [1.165, 1.54) is 27.8 Å². The lowest BCUT2D eigenvalue weighted by molar-refractivity contribution is -0.120. The number of amides is 1. The quantitative estimate of drug-likeness (QED) is 0.436. The monoisotopic (exact) mass is 519 g/mol. The van der Waals surface area contributed by atoms with Gasteiger partial charge in [-0.2, -0.15) is 4.31 Å². The van der Waals surface area contributed by atoms with Crippen molar-refractivity contribution in [1.82, 2.24) is 9.29 Å². The molecule has 7 nitrogen and oxygen atoms in total. The highest BCUT2D eigenvalue weighted by Crippen LogP contribution is 2.29. The van der Waals surface area contributed by atoms with E-state index in [9.17, 15) is 13.2 Å². The van der Waals surface area contributed by atoms with Gasteiger partial charge in [-0.05, 0) is 67.8 Å². The number of hydrogen-bond acceptors (Lipinski definition) is 6. The normalized spacial score (nSPS) is 15.2. The predicted molar refractivity (Wildman–Crippen MR) is 135 cm³/mol. The first-order valence-corrected chi connectivity index (χ1v) is 13.8. The number of halogens is 1. The SMILES string of the molecule is CCCOc1ccc(-c2csc(NC(=O)C3CCN(S(=O)(=O)c4ccc(Cl)cc4)CC3)n2)cc1. The van der Waals surface area contributed by atoms with Gasteiger partial charge in [-0.25, -0.2) is 13.4 Å². The van der Waals surface area contributed by atoms with E-state index in [1.807, 2.05) is 29.6 Å². The second-order valence-corrected chi connectivity index (χ2v) is 11.3. The van der Waals surface area contributed by atoms with E-state index in [0.717, 1.165) is 23.4 Å². The van der Waals surface area contributed by atoms with E-state index in [4.69, 9.17) is 16.3 Å². The van der Waals surface area contributed by atoms with Crippen LogP contribution >= 0.6 is 22.9 Å². The number of aromatic nitrogens is 1. The Bertz CT molecular complexity index is 1220. The molecule has 0 aliphatic carbocycles. The maximum atomic E-state index is 12.8. The van der Waals surface area contributed by atoms with Crippen LogP contribution in [0.25, 0.3) is 11.3 Å². The molecule has 0 radical (unpaired) electrons. The molecule has 0 bridgehead atoms. The number of rotatable bonds is 8. The summed E-state index contributed by atoms with van der Waals surface area (Å²) in [6.45, 7) is 3.32. The summed E-state index contributed by atoms with van der Waals surface area (Å²) in [6, 6.07) is 13.8. The van der Waals surface area contributed by atoms with Crippen molar-refractivity contribution in [3.63, 3.8) is 0 Å². The van der Waals surface area contributed by atoms with Crippen LogP contribution < -0.4 is 10.1 Å². The third-order valence-corrected chi connectivity index (χ3v) is 8.56. The molecule has 2 heterocycles. The molecule has 0 unspecified atom stereocenters. The number of carbonyl (C=O) groups is 1. The van der Waals surface area contributed by atoms with Crippen LogP contribution in [0.4, 0.5) is 5.13 Å². The van der Waals surface area contributed by atoms with E-state index in [-0.39, 0.29) is 16.7 Å². The molecule has 1 aliphatic rings. The maximum absolute atomic E-state index is 12.8. The van der Waals surface area contributed by atoms with Gasteiger partial charge >= 0.3 is 0 Å². The predicted octanol–water partition coefficient (Wildman–Crippen LogP) is 5.29. The second kappa shape index (κ2) is 10.9. The van der Waals surface area contributed by atoms with Gasteiger partial charge in [0, 0.05) is 35.0 Å². The highest BCUT2D eigenvalue weighted by molar-refractivity contribution is 7.89. The first kappa shape index (κ1) is 24.7. The second-order valence-electron chi connectivity index (χ2n) is 8.03. The number of nitrogens with zero attached hydrogens (tertiary/aromatic N) is 2. The first-order chi connectivity index (χ1) is 16.4. The third kappa shape index (κ3) is 5.78. The van der Waals surface area contributed by atoms with Gasteiger partial charge in [0.15, 0.2) is 5.13 Å². The Hall–Kier alpha value is -2.46. The molecule has 34 heavy (non-hydrogen) atoms. The van der Waals surface area contributed by atoms with Crippen molar-refractivity contribution in [2.24, 2.45) is 5.92 Å². The van der Waals surface area contributed by atoms with Gasteiger partial charge in [0.05, 0.1) is 17.2 Å². The Morgan fingerprint density at radius 2 is 1.82 bits per heavy atom. The molecule has 1 amide bonds. The highest BCUT2D eigenvalue weighted by Gasteiger charge is 2.32. The summed E-state index contributed by atoms with van der Waals surface area (Å²) in [5.41, 5.74) is 1.73. The smallest absolute Gasteiger partial charge is 0.243 e. The molecule has 10 heteroatoms. The standard InChI is InChI=1S/C24H26ClN3O4S2/c1-2-15-32-20-7-3-17(4-8-20)22-16-33-24(26-22)27-23(29)18-11-13-28(14-12-18)34(30,31)21-9-5-19(25)6-10-21/h3-10,16,18H,2,11-15H2,1H3,(H,26,27,29). The Kier molecular flexibility index (Phi) is 7.88. The van der Waals surface area contributed by atoms with E-state index < -0.39 is 10.0 Å². The van der Waals surface area contributed by atoms with Crippen molar-refractivity contribution in [2.45, 2.75) is 31.1 Å². The molecule has 1 aliphatic heterocycles. The lowest BCUT2D eigenvalue weighted by atomic mass is 9.97. The van der Waals surface area contributed by atoms with Crippen LogP contribution in [0.3, 0.4) is 0 Å². The van der Waals surface area contributed by atoms with Crippen molar-refractivity contribution in [3.05, 3.63) is 58.9 Å². The summed E-state index contributed by atoms with van der Waals surface area (Å²) in [5.74, 6) is 0.422. The number of sulfonamides is 1. The summed E-state index contributed by atoms with van der Waals surface area (Å²) in [5, 5.41) is 5.81. The number of nitrogens with one attached hydrogen (secondary N) is 1. The van der Waals surface area contributed by atoms with Gasteiger partial charge in [0.1, 0.15) is 5.75 Å². The number of hydrogen-bond donors (Lipinski definition) is 1. The number of anilines is 1. The Balaban J connectivity index is 1.32. The van der Waals surface area contributed by atoms with Crippen molar-refractivity contribution >= 4 is 44.0 Å². The molecule has 1 N–H and O–H groups in total. The Morgan fingerprint density at radius 3 is 2.47 bits per heavy atom. The fourth-order valence-electron chi connectivity index (χ4n) is 3.73. The topological polar surface area (TPSA) is 88.6 Å². The summed E-state index contributed by atoms with van der Waals surface area (Å²) in [6.07, 6.45) is 1.86. The number of thiazole rings is 1. The molecule has 1 aromatic heterocycles.